The van der Waals surface area contributed by atoms with Gasteiger partial charge in [0.15, 0.2) is 12.1 Å². The van der Waals surface area contributed by atoms with Crippen molar-refractivity contribution in [2.24, 2.45) is 0 Å². The van der Waals surface area contributed by atoms with Crippen LogP contribution in [0.4, 0.5) is 0 Å². The number of nitrogens with zero attached hydrogens (tertiary/aromatic N) is 1. The first-order valence-electron chi connectivity index (χ1n) is 26.2. The molecule has 0 aliphatic carbocycles. The van der Waals surface area contributed by atoms with Gasteiger partial charge in [0.2, 0.25) is 0 Å². The van der Waals surface area contributed by atoms with Crippen LogP contribution < -0.4 is 0 Å². The third kappa shape index (κ3) is 44.3. The number of hydrogen-bond acceptors (Lipinski definition) is 6. The number of carboxylic acid groups (broad SMARTS) is 1. The van der Waals surface area contributed by atoms with Gasteiger partial charge in [0, 0.05) is 19.3 Å². The minimum Gasteiger partial charge on any atom is -0.477 e. The van der Waals surface area contributed by atoms with Crippen molar-refractivity contribution in [3.05, 3.63) is 48.6 Å². The molecular weight excluding hydrogens is 787 g/mol. The molecule has 0 radical (unpaired) electrons. The van der Waals surface area contributed by atoms with E-state index in [0.717, 1.165) is 44.9 Å². The molecule has 1 N–H and O–H groups in total. The summed E-state index contributed by atoms with van der Waals surface area (Å²) in [5, 5.41) is 9.65. The molecule has 0 aliphatic rings. The summed E-state index contributed by atoms with van der Waals surface area (Å²) in [5.74, 6) is -1.53. The molecular formula is C55H100NO7+. The highest BCUT2D eigenvalue weighted by atomic mass is 16.6. The Bertz CT molecular complexity index is 1170. The molecule has 0 rings (SSSR count). The minimum atomic E-state index is -0.880. The van der Waals surface area contributed by atoms with Gasteiger partial charge in [-0.15, -0.1) is 0 Å². The van der Waals surface area contributed by atoms with Crippen LogP contribution >= 0.6 is 0 Å². The highest BCUT2D eigenvalue weighted by Gasteiger charge is 2.31. The predicted molar refractivity (Wildman–Crippen MR) is 266 cm³/mol. The van der Waals surface area contributed by atoms with Crippen LogP contribution in [-0.4, -0.2) is 80.6 Å². The van der Waals surface area contributed by atoms with Gasteiger partial charge < -0.3 is 23.8 Å². The lowest BCUT2D eigenvalue weighted by atomic mass is 10.0. The van der Waals surface area contributed by atoms with E-state index in [1.165, 1.54) is 148 Å². The SMILES string of the molecule is CCCCC/C=C/C/C=C/C/C=C/C/C=C/CCCC(=O)OCC(COCCC(C(=O)O)[N+](C)(C)C)OC(=O)CCCCCCCCCCCCCCCCCCCCCCCC. The van der Waals surface area contributed by atoms with Gasteiger partial charge in [-0.25, -0.2) is 4.79 Å². The summed E-state index contributed by atoms with van der Waals surface area (Å²) in [5.41, 5.74) is 0. The fourth-order valence-corrected chi connectivity index (χ4v) is 7.67. The molecule has 0 saturated heterocycles. The Morgan fingerprint density at radius 2 is 0.857 bits per heavy atom. The Morgan fingerprint density at radius 1 is 0.476 bits per heavy atom. The zero-order valence-corrected chi connectivity index (χ0v) is 41.8. The Hall–Kier alpha value is -2.71. The zero-order valence-electron chi connectivity index (χ0n) is 41.8. The molecule has 0 fully saturated rings. The van der Waals surface area contributed by atoms with E-state index in [0.29, 0.717) is 19.3 Å². The number of ether oxygens (including phenoxy) is 3. The van der Waals surface area contributed by atoms with Gasteiger partial charge in [0.1, 0.15) is 6.61 Å². The summed E-state index contributed by atoms with van der Waals surface area (Å²) in [6, 6.07) is -0.623. The maximum Gasteiger partial charge on any atom is 0.362 e. The lowest BCUT2D eigenvalue weighted by Crippen LogP contribution is -2.50. The van der Waals surface area contributed by atoms with Crippen molar-refractivity contribution in [1.29, 1.82) is 0 Å². The third-order valence-corrected chi connectivity index (χ3v) is 11.7. The minimum absolute atomic E-state index is 0.0457. The molecule has 8 heteroatoms. The van der Waals surface area contributed by atoms with E-state index in [1.54, 1.807) is 0 Å². The smallest absolute Gasteiger partial charge is 0.362 e. The van der Waals surface area contributed by atoms with Crippen molar-refractivity contribution in [2.45, 2.75) is 244 Å². The maximum absolute atomic E-state index is 12.8. The number of carbonyl (C=O) groups is 3. The number of hydrogen-bond donors (Lipinski definition) is 1. The summed E-state index contributed by atoms with van der Waals surface area (Å²) in [6.45, 7) is 4.68. The van der Waals surface area contributed by atoms with E-state index in [9.17, 15) is 19.5 Å². The number of unbranched alkanes of at least 4 members (excludes halogenated alkanes) is 25. The van der Waals surface area contributed by atoms with Crippen LogP contribution in [0.15, 0.2) is 48.6 Å². The molecule has 0 saturated carbocycles. The van der Waals surface area contributed by atoms with E-state index < -0.39 is 18.1 Å². The average molecular weight is 887 g/mol. The fraction of sp³-hybridized carbons (Fsp3) is 0.800. The largest absolute Gasteiger partial charge is 0.477 e. The van der Waals surface area contributed by atoms with Crippen molar-refractivity contribution in [3.63, 3.8) is 0 Å². The summed E-state index contributed by atoms with van der Waals surface area (Å²) in [6.07, 6.45) is 56.0. The van der Waals surface area contributed by atoms with Gasteiger partial charge in [-0.2, -0.15) is 0 Å². The van der Waals surface area contributed by atoms with Crippen LogP contribution in [0.1, 0.15) is 232 Å². The lowest BCUT2D eigenvalue weighted by molar-refractivity contribution is -0.887. The van der Waals surface area contributed by atoms with E-state index in [1.807, 2.05) is 21.1 Å². The number of aliphatic carboxylic acids is 1. The number of carboxylic acids is 1. The monoisotopic (exact) mass is 887 g/mol. The van der Waals surface area contributed by atoms with E-state index in [4.69, 9.17) is 14.2 Å². The second-order valence-electron chi connectivity index (χ2n) is 18.8. The van der Waals surface area contributed by atoms with Crippen molar-refractivity contribution in [1.82, 2.24) is 0 Å². The molecule has 366 valence electrons. The van der Waals surface area contributed by atoms with Crippen LogP contribution in [0.3, 0.4) is 0 Å². The summed E-state index contributed by atoms with van der Waals surface area (Å²) < 4.78 is 17.3. The number of esters is 2. The zero-order chi connectivity index (χ0) is 46.3. The Morgan fingerprint density at radius 3 is 1.29 bits per heavy atom. The molecule has 0 aromatic rings. The van der Waals surface area contributed by atoms with Crippen molar-refractivity contribution in [2.75, 3.05) is 41.0 Å². The molecule has 8 nitrogen and oxygen atoms in total. The molecule has 63 heavy (non-hydrogen) atoms. The molecule has 0 aliphatic heterocycles. The maximum atomic E-state index is 12.8. The average Bonchev–Trinajstić information content (AvgIpc) is 3.24. The van der Waals surface area contributed by atoms with Crippen LogP contribution in [-0.2, 0) is 28.6 Å². The molecule has 0 heterocycles. The number of allylic oxidation sites excluding steroid dienone is 8. The molecule has 0 spiro atoms. The van der Waals surface area contributed by atoms with Gasteiger partial charge >= 0.3 is 17.9 Å². The van der Waals surface area contributed by atoms with Crippen molar-refractivity contribution >= 4 is 17.9 Å². The van der Waals surface area contributed by atoms with Gasteiger partial charge in [-0.1, -0.05) is 210 Å². The topological polar surface area (TPSA) is 99.1 Å². The third-order valence-electron chi connectivity index (χ3n) is 11.7. The first-order valence-corrected chi connectivity index (χ1v) is 26.2. The Labute approximate surface area is 388 Å². The highest BCUT2D eigenvalue weighted by Crippen LogP contribution is 2.16. The van der Waals surface area contributed by atoms with Crippen LogP contribution in [0.5, 0.6) is 0 Å². The second-order valence-corrected chi connectivity index (χ2v) is 18.8. The first-order chi connectivity index (χ1) is 30.6. The molecule has 0 bridgehead atoms. The van der Waals surface area contributed by atoms with Gasteiger partial charge in [0.05, 0.1) is 34.4 Å². The van der Waals surface area contributed by atoms with E-state index >= 15 is 0 Å². The van der Waals surface area contributed by atoms with Gasteiger partial charge in [0.25, 0.3) is 0 Å². The Balaban J connectivity index is 4.27. The van der Waals surface area contributed by atoms with Gasteiger partial charge in [-0.3, -0.25) is 9.59 Å². The summed E-state index contributed by atoms with van der Waals surface area (Å²) in [7, 11) is 5.52. The number of carbonyl (C=O) groups excluding carboxylic acids is 2. The van der Waals surface area contributed by atoms with Crippen LogP contribution in [0.25, 0.3) is 0 Å². The second kappa shape index (κ2) is 45.8. The number of rotatable bonds is 47. The molecule has 2 unspecified atom stereocenters. The predicted octanol–water partition coefficient (Wildman–Crippen LogP) is 15.1. The summed E-state index contributed by atoms with van der Waals surface area (Å²) in [4.78, 5) is 37.1. The van der Waals surface area contributed by atoms with Crippen LogP contribution in [0.2, 0.25) is 0 Å². The fourth-order valence-electron chi connectivity index (χ4n) is 7.67. The van der Waals surface area contributed by atoms with Gasteiger partial charge in [-0.05, 0) is 51.4 Å². The molecule has 0 aromatic heterocycles. The molecule has 0 amide bonds. The standard InChI is InChI=1S/C55H99NO7/c1-6-8-10-12-14-16-18-20-22-24-25-26-27-28-30-32-34-36-38-40-42-44-46-54(58)63-51(49-61-48-47-52(55(59)60)56(3,4)5)50-62-53(57)45-43-41-39-37-35-33-31-29-23-21-19-17-15-13-11-9-7-2/h15,17,21,23,31,33,37,39,51-52H,6-14,16,18-20,22,24-30,32,34-36,38,40-50H2,1-5H3/p+1/b17-15+,23-21+,33-31+,39-37+. The van der Waals surface area contributed by atoms with E-state index in [2.05, 4.69) is 62.5 Å². The van der Waals surface area contributed by atoms with E-state index in [-0.39, 0.29) is 42.7 Å². The first kappa shape index (κ1) is 60.3. The Kier molecular flexibility index (Phi) is 43.9. The normalized spacial score (nSPS) is 13.2. The summed E-state index contributed by atoms with van der Waals surface area (Å²) >= 11 is 0. The lowest BCUT2D eigenvalue weighted by Gasteiger charge is -2.31. The van der Waals surface area contributed by atoms with Crippen LogP contribution in [0, 0.1) is 0 Å². The quantitative estimate of drug-likeness (QED) is 0.0281. The number of likely N-dealkylation sites (N-methyl/N-ethyl adjacent to an activating group) is 1. The van der Waals surface area contributed by atoms with Crippen molar-refractivity contribution in [3.8, 4) is 0 Å². The highest BCUT2D eigenvalue weighted by molar-refractivity contribution is 5.72. The molecule has 0 aromatic carbocycles. The molecule has 2 atom stereocenters. The number of quaternary nitrogens is 1. The van der Waals surface area contributed by atoms with Crippen molar-refractivity contribution < 1.29 is 38.2 Å².